The predicted octanol–water partition coefficient (Wildman–Crippen LogP) is 1.67. The molecule has 1 saturated heterocycles. The SMILES string of the molecule is CC[C@H](C)SC1CC(=O)N(CC)C1=O. The second-order valence-corrected chi connectivity index (χ2v) is 5.17. The molecular weight excluding hydrogens is 198 g/mol. The summed E-state index contributed by atoms with van der Waals surface area (Å²) in [6.07, 6.45) is 1.43. The van der Waals surface area contributed by atoms with Crippen LogP contribution in [0.4, 0.5) is 0 Å². The van der Waals surface area contributed by atoms with Crippen molar-refractivity contribution in [2.45, 2.75) is 44.1 Å². The van der Waals surface area contributed by atoms with Gasteiger partial charge in [-0.05, 0) is 13.3 Å². The van der Waals surface area contributed by atoms with E-state index < -0.39 is 0 Å². The monoisotopic (exact) mass is 215 g/mol. The number of nitrogens with zero attached hydrogens (tertiary/aromatic N) is 1. The van der Waals surface area contributed by atoms with E-state index in [0.29, 0.717) is 18.2 Å². The number of thioether (sulfide) groups is 1. The van der Waals surface area contributed by atoms with Crippen molar-refractivity contribution in [3.05, 3.63) is 0 Å². The fourth-order valence-electron chi connectivity index (χ4n) is 1.47. The van der Waals surface area contributed by atoms with Crippen LogP contribution in [0.15, 0.2) is 0 Å². The fraction of sp³-hybridized carbons (Fsp3) is 0.800. The van der Waals surface area contributed by atoms with Crippen LogP contribution in [-0.2, 0) is 9.59 Å². The van der Waals surface area contributed by atoms with E-state index in [1.54, 1.807) is 11.8 Å². The minimum absolute atomic E-state index is 0.00259. The van der Waals surface area contributed by atoms with Gasteiger partial charge in [0.2, 0.25) is 11.8 Å². The first-order valence-electron chi connectivity index (χ1n) is 5.09. The molecular formula is C10H17NO2S. The molecule has 0 saturated carbocycles. The second-order valence-electron chi connectivity index (χ2n) is 3.52. The molecule has 14 heavy (non-hydrogen) atoms. The summed E-state index contributed by atoms with van der Waals surface area (Å²) in [5.74, 6) is -0.0129. The first-order chi connectivity index (χ1) is 6.60. The molecule has 0 aromatic heterocycles. The van der Waals surface area contributed by atoms with Crippen molar-refractivity contribution in [2.75, 3.05) is 6.54 Å². The van der Waals surface area contributed by atoms with Crippen LogP contribution in [0.5, 0.6) is 0 Å². The Hall–Kier alpha value is -0.510. The lowest BCUT2D eigenvalue weighted by Gasteiger charge is -2.14. The Bertz CT molecular complexity index is 242. The fourth-order valence-corrected chi connectivity index (χ4v) is 2.70. The molecule has 1 unspecified atom stereocenters. The predicted molar refractivity (Wildman–Crippen MR) is 58.1 cm³/mol. The molecule has 2 atom stereocenters. The van der Waals surface area contributed by atoms with Crippen molar-refractivity contribution in [3.8, 4) is 0 Å². The number of carbonyl (C=O) groups is 2. The normalized spacial score (nSPS) is 24.5. The smallest absolute Gasteiger partial charge is 0.242 e. The van der Waals surface area contributed by atoms with Crippen molar-refractivity contribution < 1.29 is 9.59 Å². The van der Waals surface area contributed by atoms with Crippen LogP contribution < -0.4 is 0 Å². The van der Waals surface area contributed by atoms with E-state index in [1.807, 2.05) is 6.92 Å². The van der Waals surface area contributed by atoms with Gasteiger partial charge in [-0.25, -0.2) is 0 Å². The van der Waals surface area contributed by atoms with Gasteiger partial charge in [0.15, 0.2) is 0 Å². The van der Waals surface area contributed by atoms with E-state index in [9.17, 15) is 9.59 Å². The summed E-state index contributed by atoms with van der Waals surface area (Å²) in [4.78, 5) is 24.4. The Morgan fingerprint density at radius 3 is 2.57 bits per heavy atom. The average Bonchev–Trinajstić information content (AvgIpc) is 2.42. The minimum atomic E-state index is -0.127. The van der Waals surface area contributed by atoms with Gasteiger partial charge in [0, 0.05) is 18.2 Å². The molecule has 3 nitrogen and oxygen atoms in total. The third-order valence-corrected chi connectivity index (χ3v) is 3.99. The van der Waals surface area contributed by atoms with E-state index in [2.05, 4.69) is 13.8 Å². The lowest BCUT2D eigenvalue weighted by atomic mass is 10.3. The molecule has 1 aliphatic heterocycles. The first kappa shape index (κ1) is 11.6. The molecule has 0 aliphatic carbocycles. The maximum Gasteiger partial charge on any atom is 0.242 e. The number of imide groups is 1. The summed E-state index contributed by atoms with van der Waals surface area (Å²) in [7, 11) is 0. The average molecular weight is 215 g/mol. The Balaban J connectivity index is 2.58. The molecule has 0 aromatic carbocycles. The number of amides is 2. The first-order valence-corrected chi connectivity index (χ1v) is 6.04. The Labute approximate surface area is 89.2 Å². The van der Waals surface area contributed by atoms with E-state index >= 15 is 0 Å². The van der Waals surface area contributed by atoms with Gasteiger partial charge >= 0.3 is 0 Å². The van der Waals surface area contributed by atoms with Gasteiger partial charge in [0.1, 0.15) is 0 Å². The molecule has 0 spiro atoms. The molecule has 0 N–H and O–H groups in total. The summed E-state index contributed by atoms with van der Waals surface area (Å²) >= 11 is 1.63. The minimum Gasteiger partial charge on any atom is -0.282 e. The van der Waals surface area contributed by atoms with Crippen molar-refractivity contribution in [1.82, 2.24) is 4.90 Å². The number of hydrogen-bond acceptors (Lipinski definition) is 3. The third-order valence-electron chi connectivity index (χ3n) is 2.49. The Kier molecular flexibility index (Phi) is 3.98. The molecule has 0 aromatic rings. The van der Waals surface area contributed by atoms with Crippen LogP contribution in [0, 0.1) is 0 Å². The topological polar surface area (TPSA) is 37.4 Å². The standard InChI is InChI=1S/C10H17NO2S/c1-4-7(3)14-8-6-9(12)11(5-2)10(8)13/h7-8H,4-6H2,1-3H3/t7-,8?/m0/s1. The zero-order valence-corrected chi connectivity index (χ0v) is 9.76. The molecule has 1 fully saturated rings. The van der Waals surface area contributed by atoms with Crippen LogP contribution in [0.2, 0.25) is 0 Å². The summed E-state index contributed by atoms with van der Waals surface area (Å²) in [5, 5.41) is 0.325. The Morgan fingerprint density at radius 1 is 1.50 bits per heavy atom. The van der Waals surface area contributed by atoms with Gasteiger partial charge in [-0.3, -0.25) is 14.5 Å². The molecule has 4 heteroatoms. The molecule has 1 rings (SSSR count). The maximum absolute atomic E-state index is 11.7. The van der Waals surface area contributed by atoms with Gasteiger partial charge in [-0.15, -0.1) is 11.8 Å². The van der Waals surface area contributed by atoms with Crippen LogP contribution in [0.25, 0.3) is 0 Å². The largest absolute Gasteiger partial charge is 0.282 e. The summed E-state index contributed by atoms with van der Waals surface area (Å²) in [6, 6.07) is 0. The number of carbonyl (C=O) groups excluding carboxylic acids is 2. The molecule has 0 bridgehead atoms. The van der Waals surface area contributed by atoms with Crippen molar-refractivity contribution in [1.29, 1.82) is 0 Å². The molecule has 1 aliphatic rings. The van der Waals surface area contributed by atoms with Crippen molar-refractivity contribution in [2.24, 2.45) is 0 Å². The van der Waals surface area contributed by atoms with Gasteiger partial charge in [-0.2, -0.15) is 0 Å². The molecule has 80 valence electrons. The lowest BCUT2D eigenvalue weighted by molar-refractivity contribution is -0.137. The summed E-state index contributed by atoms with van der Waals surface area (Å²) in [5.41, 5.74) is 0. The van der Waals surface area contributed by atoms with E-state index in [-0.39, 0.29) is 17.1 Å². The number of likely N-dealkylation sites (tertiary alicyclic amines) is 1. The highest BCUT2D eigenvalue weighted by molar-refractivity contribution is 8.01. The summed E-state index contributed by atoms with van der Waals surface area (Å²) < 4.78 is 0. The molecule has 0 radical (unpaired) electrons. The number of rotatable bonds is 4. The van der Waals surface area contributed by atoms with Crippen LogP contribution in [0.1, 0.15) is 33.6 Å². The van der Waals surface area contributed by atoms with Gasteiger partial charge < -0.3 is 0 Å². The highest BCUT2D eigenvalue weighted by atomic mass is 32.2. The van der Waals surface area contributed by atoms with E-state index in [4.69, 9.17) is 0 Å². The maximum atomic E-state index is 11.7. The molecule has 2 amide bonds. The third kappa shape index (κ3) is 2.29. The van der Waals surface area contributed by atoms with E-state index in [1.165, 1.54) is 4.90 Å². The summed E-state index contributed by atoms with van der Waals surface area (Å²) in [6.45, 7) is 6.54. The highest BCUT2D eigenvalue weighted by Crippen LogP contribution is 2.29. The van der Waals surface area contributed by atoms with Crippen LogP contribution in [0.3, 0.4) is 0 Å². The zero-order chi connectivity index (χ0) is 10.7. The zero-order valence-electron chi connectivity index (χ0n) is 8.95. The number of hydrogen-bond donors (Lipinski definition) is 0. The van der Waals surface area contributed by atoms with Crippen LogP contribution in [-0.4, -0.2) is 33.8 Å². The van der Waals surface area contributed by atoms with Gasteiger partial charge in [0.05, 0.1) is 5.25 Å². The highest BCUT2D eigenvalue weighted by Gasteiger charge is 2.38. The Morgan fingerprint density at radius 2 is 2.14 bits per heavy atom. The quantitative estimate of drug-likeness (QED) is 0.669. The van der Waals surface area contributed by atoms with Gasteiger partial charge in [-0.1, -0.05) is 13.8 Å². The lowest BCUT2D eigenvalue weighted by Crippen LogP contribution is -2.31. The van der Waals surface area contributed by atoms with Crippen molar-refractivity contribution in [3.63, 3.8) is 0 Å². The second kappa shape index (κ2) is 4.82. The molecule has 1 heterocycles. The van der Waals surface area contributed by atoms with E-state index in [0.717, 1.165) is 6.42 Å². The van der Waals surface area contributed by atoms with Gasteiger partial charge in [0.25, 0.3) is 0 Å². The van der Waals surface area contributed by atoms with Crippen molar-refractivity contribution >= 4 is 23.6 Å². The van der Waals surface area contributed by atoms with Crippen LogP contribution >= 0.6 is 11.8 Å².